The Morgan fingerprint density at radius 3 is 2.18 bits per heavy atom. The Bertz CT molecular complexity index is 1670. The lowest BCUT2D eigenvalue weighted by atomic mass is 9.99. The van der Waals surface area contributed by atoms with Gasteiger partial charge in [-0.25, -0.2) is 0 Å². The van der Waals surface area contributed by atoms with Crippen molar-refractivity contribution < 1.29 is 8.83 Å². The zero-order valence-electron chi connectivity index (χ0n) is 18.2. The minimum Gasteiger partial charge on any atom is -0.456 e. The van der Waals surface area contributed by atoms with E-state index in [1.807, 2.05) is 37.4 Å². The molecule has 0 spiro atoms. The number of fused-ring (bicyclic) bond motifs is 5. The number of benzene rings is 3. The van der Waals surface area contributed by atoms with Crippen molar-refractivity contribution in [2.45, 2.75) is 6.92 Å². The van der Waals surface area contributed by atoms with Gasteiger partial charge >= 0.3 is 0 Å². The standard InChI is InChI=1S/C30H21NO2/c1-3-6-23-25(4-2)32-26-14-15-27-30(29(23)26)24-13-12-21(17-28(24)33-27)19-8-10-20(11-9-19)22-7-5-16-31-18-22/h3-18H,2H2,1H3/b6-3-. The van der Waals surface area contributed by atoms with Crippen molar-refractivity contribution in [3.05, 3.63) is 103 Å². The Morgan fingerprint density at radius 2 is 1.48 bits per heavy atom. The lowest BCUT2D eigenvalue weighted by Gasteiger charge is -2.05. The minimum atomic E-state index is 0.773. The highest BCUT2D eigenvalue weighted by Gasteiger charge is 2.18. The molecule has 0 atom stereocenters. The first-order valence-electron chi connectivity index (χ1n) is 10.9. The smallest absolute Gasteiger partial charge is 0.136 e. The monoisotopic (exact) mass is 427 g/mol. The second-order valence-electron chi connectivity index (χ2n) is 8.03. The molecule has 0 amide bonds. The van der Waals surface area contributed by atoms with Gasteiger partial charge in [-0.15, -0.1) is 0 Å². The predicted octanol–water partition coefficient (Wildman–Crippen LogP) is 8.74. The van der Waals surface area contributed by atoms with Crippen molar-refractivity contribution in [2.24, 2.45) is 0 Å². The van der Waals surface area contributed by atoms with Gasteiger partial charge in [-0.05, 0) is 65.6 Å². The fourth-order valence-corrected chi connectivity index (χ4v) is 4.55. The van der Waals surface area contributed by atoms with Crippen LogP contribution in [-0.2, 0) is 0 Å². The van der Waals surface area contributed by atoms with Crippen molar-refractivity contribution >= 4 is 45.1 Å². The second kappa shape index (κ2) is 7.64. The van der Waals surface area contributed by atoms with Gasteiger partial charge in [0.05, 0.1) is 0 Å². The van der Waals surface area contributed by atoms with Gasteiger partial charge in [0, 0.05) is 34.1 Å². The summed E-state index contributed by atoms with van der Waals surface area (Å²) in [6, 6.07) is 22.9. The summed E-state index contributed by atoms with van der Waals surface area (Å²) >= 11 is 0. The van der Waals surface area contributed by atoms with Crippen LogP contribution in [0.25, 0.3) is 67.3 Å². The van der Waals surface area contributed by atoms with Crippen LogP contribution in [0, 0.1) is 0 Å². The zero-order valence-corrected chi connectivity index (χ0v) is 18.2. The maximum atomic E-state index is 6.29. The van der Waals surface area contributed by atoms with E-state index in [0.29, 0.717) is 0 Å². The molecule has 6 aromatic rings. The molecule has 0 bridgehead atoms. The van der Waals surface area contributed by atoms with Crippen molar-refractivity contribution in [3.63, 3.8) is 0 Å². The van der Waals surface area contributed by atoms with E-state index in [1.165, 1.54) is 0 Å². The van der Waals surface area contributed by atoms with Gasteiger partial charge in [0.15, 0.2) is 0 Å². The van der Waals surface area contributed by atoms with E-state index < -0.39 is 0 Å². The lowest BCUT2D eigenvalue weighted by Crippen LogP contribution is -1.81. The number of nitrogens with zero attached hydrogens (tertiary/aromatic N) is 1. The van der Waals surface area contributed by atoms with Gasteiger partial charge in [0.2, 0.25) is 0 Å². The summed E-state index contributed by atoms with van der Waals surface area (Å²) in [5.41, 5.74) is 8.09. The molecule has 6 rings (SSSR count). The molecule has 0 unspecified atom stereocenters. The number of hydrogen-bond donors (Lipinski definition) is 0. The summed E-state index contributed by atoms with van der Waals surface area (Å²) in [5, 5.41) is 3.22. The lowest BCUT2D eigenvalue weighted by molar-refractivity contribution is 0.603. The van der Waals surface area contributed by atoms with Gasteiger partial charge in [-0.1, -0.05) is 55.1 Å². The molecule has 0 saturated heterocycles. The molecule has 33 heavy (non-hydrogen) atoms. The van der Waals surface area contributed by atoms with Gasteiger partial charge in [-0.2, -0.15) is 0 Å². The Kier molecular flexibility index (Phi) is 4.48. The van der Waals surface area contributed by atoms with E-state index in [-0.39, 0.29) is 0 Å². The van der Waals surface area contributed by atoms with Crippen molar-refractivity contribution in [2.75, 3.05) is 0 Å². The predicted molar refractivity (Wildman–Crippen MR) is 137 cm³/mol. The molecule has 3 heteroatoms. The molecule has 158 valence electrons. The molecule has 3 heterocycles. The van der Waals surface area contributed by atoms with Crippen molar-refractivity contribution in [1.29, 1.82) is 0 Å². The molecule has 0 aliphatic rings. The molecule has 0 aliphatic carbocycles. The van der Waals surface area contributed by atoms with E-state index in [9.17, 15) is 0 Å². The van der Waals surface area contributed by atoms with Crippen LogP contribution in [0.4, 0.5) is 0 Å². The topological polar surface area (TPSA) is 39.2 Å². The quantitative estimate of drug-likeness (QED) is 0.282. The number of aromatic nitrogens is 1. The summed E-state index contributed by atoms with van der Waals surface area (Å²) < 4.78 is 12.3. The fourth-order valence-electron chi connectivity index (χ4n) is 4.55. The maximum absolute atomic E-state index is 6.29. The number of pyridine rings is 1. The van der Waals surface area contributed by atoms with E-state index in [1.54, 1.807) is 12.3 Å². The van der Waals surface area contributed by atoms with E-state index >= 15 is 0 Å². The number of rotatable bonds is 4. The Hall–Kier alpha value is -4.37. The Balaban J connectivity index is 1.50. The van der Waals surface area contributed by atoms with Crippen LogP contribution >= 0.6 is 0 Å². The van der Waals surface area contributed by atoms with E-state index in [0.717, 1.165) is 66.5 Å². The number of hydrogen-bond acceptors (Lipinski definition) is 3. The number of furan rings is 2. The third-order valence-electron chi connectivity index (χ3n) is 6.09. The largest absolute Gasteiger partial charge is 0.456 e. The van der Waals surface area contributed by atoms with Crippen LogP contribution in [0.5, 0.6) is 0 Å². The Morgan fingerprint density at radius 1 is 0.758 bits per heavy atom. The molecule has 0 fully saturated rings. The molecule has 0 radical (unpaired) electrons. The highest BCUT2D eigenvalue weighted by Crippen LogP contribution is 2.40. The van der Waals surface area contributed by atoms with Gasteiger partial charge < -0.3 is 8.83 Å². The third-order valence-corrected chi connectivity index (χ3v) is 6.09. The van der Waals surface area contributed by atoms with E-state index in [2.05, 4.69) is 66.2 Å². The second-order valence-corrected chi connectivity index (χ2v) is 8.03. The van der Waals surface area contributed by atoms with Crippen LogP contribution < -0.4 is 0 Å². The van der Waals surface area contributed by atoms with Crippen LogP contribution in [0.3, 0.4) is 0 Å². The molecular formula is C30H21NO2. The molecule has 3 nitrogen and oxygen atoms in total. The highest BCUT2D eigenvalue weighted by molar-refractivity contribution is 6.21. The van der Waals surface area contributed by atoms with Crippen LogP contribution in [0.2, 0.25) is 0 Å². The fraction of sp³-hybridized carbons (Fsp3) is 0.0333. The normalized spacial score (nSPS) is 11.8. The van der Waals surface area contributed by atoms with Crippen LogP contribution in [-0.4, -0.2) is 4.98 Å². The molecule has 0 aliphatic heterocycles. The first-order chi connectivity index (χ1) is 16.3. The molecule has 3 aromatic heterocycles. The first kappa shape index (κ1) is 19.3. The van der Waals surface area contributed by atoms with Crippen LogP contribution in [0.1, 0.15) is 18.2 Å². The summed E-state index contributed by atoms with van der Waals surface area (Å²) in [4.78, 5) is 4.21. The summed E-state index contributed by atoms with van der Waals surface area (Å²) in [6.07, 6.45) is 9.52. The van der Waals surface area contributed by atoms with Crippen molar-refractivity contribution in [1.82, 2.24) is 4.98 Å². The van der Waals surface area contributed by atoms with Crippen LogP contribution in [0.15, 0.2) is 101 Å². The minimum absolute atomic E-state index is 0.773. The zero-order chi connectivity index (χ0) is 22.4. The Labute approximate surface area is 191 Å². The average Bonchev–Trinajstić information content (AvgIpc) is 3.42. The third kappa shape index (κ3) is 3.09. The summed E-state index contributed by atoms with van der Waals surface area (Å²) in [6.45, 7) is 5.92. The van der Waals surface area contributed by atoms with Gasteiger partial charge in [0.1, 0.15) is 22.5 Å². The summed E-state index contributed by atoms with van der Waals surface area (Å²) in [5.74, 6) is 0.773. The van der Waals surface area contributed by atoms with Gasteiger partial charge in [0.25, 0.3) is 0 Å². The maximum Gasteiger partial charge on any atom is 0.136 e. The molecule has 0 saturated carbocycles. The van der Waals surface area contributed by atoms with Crippen molar-refractivity contribution in [3.8, 4) is 22.3 Å². The molecule has 0 N–H and O–H groups in total. The molecule has 3 aromatic carbocycles. The first-order valence-corrected chi connectivity index (χ1v) is 10.9. The summed E-state index contributed by atoms with van der Waals surface area (Å²) in [7, 11) is 0. The number of allylic oxidation sites excluding steroid dienone is 1. The molecular weight excluding hydrogens is 406 g/mol. The van der Waals surface area contributed by atoms with E-state index in [4.69, 9.17) is 8.83 Å². The average molecular weight is 428 g/mol. The SMILES string of the molecule is C=Cc1oc2ccc3oc4cc(-c5ccc(-c6cccnc6)cc5)ccc4c3c2c1/C=C\C. The highest BCUT2D eigenvalue weighted by atomic mass is 16.3. The van der Waals surface area contributed by atoms with Gasteiger partial charge in [-0.3, -0.25) is 4.98 Å².